The van der Waals surface area contributed by atoms with Gasteiger partial charge in [-0.3, -0.25) is 14.8 Å². The number of nitrogens with one attached hydrogen (secondary N) is 2. The molecule has 1 aromatic rings. The fourth-order valence-corrected chi connectivity index (χ4v) is 6.04. The number of morpholine rings is 1. The zero-order valence-electron chi connectivity index (χ0n) is 18.4. The normalized spacial score (nSPS) is 33.2. The standard InChI is InChI=1S/C23H37N5O2/c1-2-27-8-6-18-13-20(28-9-11-30-12-10-28)5-7-23(18,16-27)22(29)24-15-19-14-21(26-25-19)17-3-4-17/h14,17-18,20H,2-13,15-16H2,1H3,(H,24,29)(H,25,26)/t18-,20+,23-/m1/s1. The van der Waals surface area contributed by atoms with E-state index in [1.54, 1.807) is 0 Å². The predicted octanol–water partition coefficient (Wildman–Crippen LogP) is 2.12. The van der Waals surface area contributed by atoms with Gasteiger partial charge in [0.25, 0.3) is 0 Å². The molecular formula is C23H37N5O2. The second-order valence-corrected chi connectivity index (χ2v) is 9.86. The quantitative estimate of drug-likeness (QED) is 0.745. The number of nitrogens with zero attached hydrogens (tertiary/aromatic N) is 3. The summed E-state index contributed by atoms with van der Waals surface area (Å²) in [6, 6.07) is 2.75. The Balaban J connectivity index is 1.26. The number of hydrogen-bond acceptors (Lipinski definition) is 5. The number of aromatic amines is 1. The molecule has 4 fully saturated rings. The molecule has 2 aliphatic carbocycles. The van der Waals surface area contributed by atoms with Crippen molar-refractivity contribution in [3.8, 4) is 0 Å². The van der Waals surface area contributed by atoms with Crippen molar-refractivity contribution in [2.75, 3.05) is 45.9 Å². The minimum Gasteiger partial charge on any atom is -0.379 e. The molecule has 2 saturated carbocycles. The first-order chi connectivity index (χ1) is 14.7. The van der Waals surface area contributed by atoms with Crippen LogP contribution >= 0.6 is 0 Å². The van der Waals surface area contributed by atoms with E-state index in [2.05, 4.69) is 38.3 Å². The van der Waals surface area contributed by atoms with Crippen LogP contribution < -0.4 is 5.32 Å². The second kappa shape index (κ2) is 8.60. The zero-order chi connectivity index (χ0) is 20.6. The highest BCUT2D eigenvalue weighted by molar-refractivity contribution is 5.83. The molecule has 0 radical (unpaired) electrons. The highest BCUT2D eigenvalue weighted by Gasteiger charge is 2.52. The monoisotopic (exact) mass is 415 g/mol. The van der Waals surface area contributed by atoms with Gasteiger partial charge < -0.3 is 15.0 Å². The van der Waals surface area contributed by atoms with E-state index in [0.717, 1.165) is 83.0 Å². The van der Waals surface area contributed by atoms with Crippen molar-refractivity contribution in [3.63, 3.8) is 0 Å². The van der Waals surface area contributed by atoms with Gasteiger partial charge in [0, 0.05) is 31.6 Å². The third-order valence-corrected chi connectivity index (χ3v) is 8.11. The highest BCUT2D eigenvalue weighted by atomic mass is 16.5. The number of piperidine rings is 1. The molecule has 4 aliphatic rings. The molecule has 0 unspecified atom stereocenters. The number of ether oxygens (including phenoxy) is 1. The Bertz CT molecular complexity index is 742. The van der Waals surface area contributed by atoms with E-state index in [0.29, 0.717) is 24.4 Å². The van der Waals surface area contributed by atoms with Gasteiger partial charge in [0.1, 0.15) is 0 Å². The van der Waals surface area contributed by atoms with Crippen LogP contribution in [0.2, 0.25) is 0 Å². The molecule has 5 rings (SSSR count). The van der Waals surface area contributed by atoms with Gasteiger partial charge in [0.05, 0.1) is 36.6 Å². The SMILES string of the molecule is CCN1CC[C@@H]2C[C@@H](N3CCOCC3)CC[C@@]2(C(=O)NCc2cc(C3CC3)n[nH]2)C1. The van der Waals surface area contributed by atoms with Gasteiger partial charge in [-0.2, -0.15) is 5.10 Å². The first-order valence-electron chi connectivity index (χ1n) is 12.0. The van der Waals surface area contributed by atoms with Gasteiger partial charge in [-0.15, -0.1) is 0 Å². The number of fused-ring (bicyclic) bond motifs is 1. The largest absolute Gasteiger partial charge is 0.379 e. The number of rotatable bonds is 6. The van der Waals surface area contributed by atoms with E-state index in [1.807, 2.05) is 0 Å². The van der Waals surface area contributed by atoms with Crippen LogP contribution in [0.1, 0.15) is 62.8 Å². The fourth-order valence-electron chi connectivity index (χ4n) is 6.04. The van der Waals surface area contributed by atoms with Crippen molar-refractivity contribution in [2.24, 2.45) is 11.3 Å². The van der Waals surface area contributed by atoms with Crippen molar-refractivity contribution < 1.29 is 9.53 Å². The van der Waals surface area contributed by atoms with Gasteiger partial charge >= 0.3 is 0 Å². The summed E-state index contributed by atoms with van der Waals surface area (Å²) in [5.41, 5.74) is 1.95. The van der Waals surface area contributed by atoms with Crippen LogP contribution in [0.3, 0.4) is 0 Å². The summed E-state index contributed by atoms with van der Waals surface area (Å²) >= 11 is 0. The number of aromatic nitrogens is 2. The number of carbonyl (C=O) groups excluding carboxylic acids is 1. The predicted molar refractivity (Wildman–Crippen MR) is 115 cm³/mol. The van der Waals surface area contributed by atoms with Crippen LogP contribution in [-0.4, -0.2) is 77.9 Å². The summed E-state index contributed by atoms with van der Waals surface area (Å²) in [4.78, 5) is 18.7. The van der Waals surface area contributed by atoms with Crippen molar-refractivity contribution in [1.82, 2.24) is 25.3 Å². The summed E-state index contributed by atoms with van der Waals surface area (Å²) in [6.45, 7) is 9.62. The summed E-state index contributed by atoms with van der Waals surface area (Å²) in [7, 11) is 0. The molecule has 7 nitrogen and oxygen atoms in total. The number of H-pyrrole nitrogens is 1. The molecule has 166 valence electrons. The first kappa shape index (κ1) is 20.5. The third-order valence-electron chi connectivity index (χ3n) is 8.11. The molecule has 2 saturated heterocycles. The fraction of sp³-hybridized carbons (Fsp3) is 0.826. The molecule has 1 amide bonds. The van der Waals surface area contributed by atoms with Crippen LogP contribution in [0, 0.1) is 11.3 Å². The Hall–Kier alpha value is -1.44. The lowest BCUT2D eigenvalue weighted by Gasteiger charge is -2.53. The molecule has 0 aromatic carbocycles. The molecule has 7 heteroatoms. The van der Waals surface area contributed by atoms with Gasteiger partial charge in [-0.1, -0.05) is 6.92 Å². The van der Waals surface area contributed by atoms with Gasteiger partial charge in [-0.05, 0) is 63.6 Å². The number of hydrogen-bond donors (Lipinski definition) is 2. The average Bonchev–Trinajstić information content (AvgIpc) is 3.55. The summed E-state index contributed by atoms with van der Waals surface area (Å²) in [5.74, 6) is 1.37. The van der Waals surface area contributed by atoms with E-state index in [9.17, 15) is 4.79 Å². The molecule has 2 aliphatic heterocycles. The van der Waals surface area contributed by atoms with Crippen LogP contribution in [0.25, 0.3) is 0 Å². The number of amides is 1. The Morgan fingerprint density at radius 1 is 1.27 bits per heavy atom. The second-order valence-electron chi connectivity index (χ2n) is 9.86. The Morgan fingerprint density at radius 2 is 2.10 bits per heavy atom. The van der Waals surface area contributed by atoms with Crippen molar-refractivity contribution in [2.45, 2.75) is 64.0 Å². The molecule has 3 atom stereocenters. The lowest BCUT2D eigenvalue weighted by molar-refractivity contribution is -0.145. The van der Waals surface area contributed by atoms with Crippen molar-refractivity contribution in [3.05, 3.63) is 17.5 Å². The van der Waals surface area contributed by atoms with Crippen LogP contribution in [0.4, 0.5) is 0 Å². The molecule has 1 aromatic heterocycles. The molecule has 3 heterocycles. The van der Waals surface area contributed by atoms with E-state index in [-0.39, 0.29) is 11.3 Å². The Kier molecular flexibility index (Phi) is 5.86. The van der Waals surface area contributed by atoms with E-state index >= 15 is 0 Å². The van der Waals surface area contributed by atoms with Gasteiger partial charge in [-0.25, -0.2) is 0 Å². The molecule has 0 bridgehead atoms. The molecular weight excluding hydrogens is 378 g/mol. The van der Waals surface area contributed by atoms with Crippen LogP contribution in [0.5, 0.6) is 0 Å². The first-order valence-corrected chi connectivity index (χ1v) is 12.0. The van der Waals surface area contributed by atoms with Crippen molar-refractivity contribution in [1.29, 1.82) is 0 Å². The molecule has 0 spiro atoms. The van der Waals surface area contributed by atoms with Gasteiger partial charge in [0.15, 0.2) is 0 Å². The third kappa shape index (κ3) is 4.04. The average molecular weight is 416 g/mol. The minimum absolute atomic E-state index is 0.240. The lowest BCUT2D eigenvalue weighted by Crippen LogP contribution is -2.60. The topological polar surface area (TPSA) is 73.5 Å². The van der Waals surface area contributed by atoms with E-state index < -0.39 is 0 Å². The minimum atomic E-state index is -0.240. The molecule has 30 heavy (non-hydrogen) atoms. The van der Waals surface area contributed by atoms with Crippen LogP contribution in [-0.2, 0) is 16.1 Å². The number of carbonyl (C=O) groups is 1. The summed E-state index contributed by atoms with van der Waals surface area (Å²) in [6.07, 6.45) is 6.91. The highest BCUT2D eigenvalue weighted by Crippen LogP contribution is 2.48. The Labute approximate surface area is 179 Å². The maximum Gasteiger partial charge on any atom is 0.228 e. The maximum atomic E-state index is 13.6. The maximum absolute atomic E-state index is 13.6. The van der Waals surface area contributed by atoms with Crippen molar-refractivity contribution >= 4 is 5.91 Å². The summed E-state index contributed by atoms with van der Waals surface area (Å²) in [5, 5.41) is 10.9. The lowest BCUT2D eigenvalue weighted by atomic mass is 9.61. The van der Waals surface area contributed by atoms with Gasteiger partial charge in [0.2, 0.25) is 5.91 Å². The summed E-state index contributed by atoms with van der Waals surface area (Å²) < 4.78 is 5.56. The smallest absolute Gasteiger partial charge is 0.228 e. The molecule has 2 N–H and O–H groups in total. The van der Waals surface area contributed by atoms with Crippen LogP contribution in [0.15, 0.2) is 6.07 Å². The zero-order valence-corrected chi connectivity index (χ0v) is 18.4. The van der Waals surface area contributed by atoms with E-state index in [4.69, 9.17) is 4.74 Å². The van der Waals surface area contributed by atoms with E-state index in [1.165, 1.54) is 12.8 Å². The number of likely N-dealkylation sites (tertiary alicyclic amines) is 1. The Morgan fingerprint density at radius 3 is 2.87 bits per heavy atom.